The van der Waals surface area contributed by atoms with Crippen LogP contribution in [0.4, 0.5) is 0 Å². The summed E-state index contributed by atoms with van der Waals surface area (Å²) in [5.74, 6) is 0. The number of hydrogen-bond acceptors (Lipinski definition) is 2. The smallest absolute Gasteiger partial charge is 0.0697 e. The van der Waals surface area contributed by atoms with Crippen LogP contribution in [0.3, 0.4) is 0 Å². The summed E-state index contributed by atoms with van der Waals surface area (Å²) in [4.78, 5) is 0. The Bertz CT molecular complexity index is 283. The lowest BCUT2D eigenvalue weighted by atomic mass is 9.74. The van der Waals surface area contributed by atoms with E-state index in [0.29, 0.717) is 11.0 Å². The quantitative estimate of drug-likeness (QED) is 0.796. The van der Waals surface area contributed by atoms with Gasteiger partial charge in [0.1, 0.15) is 0 Å². The van der Waals surface area contributed by atoms with E-state index in [1.165, 1.54) is 51.4 Å². The van der Waals surface area contributed by atoms with Gasteiger partial charge in [0, 0.05) is 18.7 Å². The van der Waals surface area contributed by atoms with Gasteiger partial charge in [-0.3, -0.25) is 0 Å². The zero-order chi connectivity index (χ0) is 11.9. The van der Waals surface area contributed by atoms with E-state index in [-0.39, 0.29) is 0 Å². The van der Waals surface area contributed by atoms with Crippen LogP contribution in [-0.4, -0.2) is 24.3 Å². The maximum Gasteiger partial charge on any atom is 0.0697 e. The molecule has 0 aromatic heterocycles. The Morgan fingerprint density at radius 2 is 1.76 bits per heavy atom. The Balaban J connectivity index is 1.52. The average Bonchev–Trinajstić information content (AvgIpc) is 2.56. The second-order valence-corrected chi connectivity index (χ2v) is 7.35. The van der Waals surface area contributed by atoms with Crippen LogP contribution < -0.4 is 5.32 Å². The van der Waals surface area contributed by atoms with Crippen molar-refractivity contribution in [3.05, 3.63) is 0 Å². The molecule has 1 saturated heterocycles. The molecule has 2 saturated carbocycles. The standard InChI is InChI=1S/C15H27NO/c1-14(2)8-4-12(10-14)16-13-5-9-17-15(11-13)6-3-7-15/h12-13,16H,3-11H2,1-2H3. The third-order valence-corrected chi connectivity index (χ3v) is 5.20. The molecular weight excluding hydrogens is 210 g/mol. The van der Waals surface area contributed by atoms with Crippen molar-refractivity contribution in [2.75, 3.05) is 6.61 Å². The van der Waals surface area contributed by atoms with Gasteiger partial charge in [-0.15, -0.1) is 0 Å². The topological polar surface area (TPSA) is 21.3 Å². The molecule has 2 nitrogen and oxygen atoms in total. The first-order valence-corrected chi connectivity index (χ1v) is 7.47. The average molecular weight is 237 g/mol. The van der Waals surface area contributed by atoms with Gasteiger partial charge in [-0.1, -0.05) is 13.8 Å². The van der Waals surface area contributed by atoms with Crippen LogP contribution in [0.2, 0.25) is 0 Å². The molecule has 98 valence electrons. The van der Waals surface area contributed by atoms with E-state index >= 15 is 0 Å². The lowest BCUT2D eigenvalue weighted by Crippen LogP contribution is -2.52. The molecule has 1 aliphatic heterocycles. The Hall–Kier alpha value is -0.0800. The molecule has 2 atom stereocenters. The van der Waals surface area contributed by atoms with Crippen LogP contribution >= 0.6 is 0 Å². The minimum Gasteiger partial charge on any atom is -0.375 e. The first-order valence-electron chi connectivity index (χ1n) is 7.47. The van der Waals surface area contributed by atoms with Crippen molar-refractivity contribution in [3.63, 3.8) is 0 Å². The molecule has 0 bridgehead atoms. The zero-order valence-electron chi connectivity index (χ0n) is 11.4. The minimum absolute atomic E-state index is 0.296. The maximum atomic E-state index is 6.00. The molecule has 2 aliphatic carbocycles. The third kappa shape index (κ3) is 2.53. The second kappa shape index (κ2) is 4.24. The lowest BCUT2D eigenvalue weighted by molar-refractivity contribution is -0.136. The Morgan fingerprint density at radius 1 is 1.00 bits per heavy atom. The predicted octanol–water partition coefficient (Wildman–Crippen LogP) is 3.26. The van der Waals surface area contributed by atoms with Crippen LogP contribution in [-0.2, 0) is 4.74 Å². The molecule has 3 aliphatic rings. The first-order chi connectivity index (χ1) is 8.07. The summed E-state index contributed by atoms with van der Waals surface area (Å²) in [6.45, 7) is 5.80. The molecule has 0 radical (unpaired) electrons. The highest BCUT2D eigenvalue weighted by atomic mass is 16.5. The summed E-state index contributed by atoms with van der Waals surface area (Å²) in [5.41, 5.74) is 0.862. The van der Waals surface area contributed by atoms with Gasteiger partial charge in [0.25, 0.3) is 0 Å². The van der Waals surface area contributed by atoms with Crippen molar-refractivity contribution < 1.29 is 4.74 Å². The van der Waals surface area contributed by atoms with Crippen LogP contribution in [0.1, 0.15) is 65.2 Å². The normalized spacial score (nSPS) is 39.2. The van der Waals surface area contributed by atoms with Gasteiger partial charge in [0.2, 0.25) is 0 Å². The Morgan fingerprint density at radius 3 is 2.35 bits per heavy atom. The first kappa shape index (κ1) is 12.0. The van der Waals surface area contributed by atoms with E-state index in [0.717, 1.165) is 18.7 Å². The molecule has 2 heteroatoms. The SMILES string of the molecule is CC1(C)CCC(NC2CCOC3(CCC3)C2)C1. The maximum absolute atomic E-state index is 6.00. The molecule has 17 heavy (non-hydrogen) atoms. The molecule has 3 fully saturated rings. The fraction of sp³-hybridized carbons (Fsp3) is 1.00. The van der Waals surface area contributed by atoms with Crippen LogP contribution in [0, 0.1) is 5.41 Å². The summed E-state index contributed by atoms with van der Waals surface area (Å²) < 4.78 is 6.00. The monoisotopic (exact) mass is 237 g/mol. The van der Waals surface area contributed by atoms with Gasteiger partial charge in [0.15, 0.2) is 0 Å². The van der Waals surface area contributed by atoms with Gasteiger partial charge in [-0.25, -0.2) is 0 Å². The third-order valence-electron chi connectivity index (χ3n) is 5.20. The number of nitrogens with one attached hydrogen (secondary N) is 1. The molecule has 0 amide bonds. The van der Waals surface area contributed by atoms with E-state index in [2.05, 4.69) is 19.2 Å². The highest BCUT2D eigenvalue weighted by molar-refractivity contribution is 4.97. The van der Waals surface area contributed by atoms with E-state index < -0.39 is 0 Å². The minimum atomic E-state index is 0.296. The number of ether oxygens (including phenoxy) is 1. The summed E-state index contributed by atoms with van der Waals surface area (Å²) in [5, 5.41) is 3.92. The molecule has 1 N–H and O–H groups in total. The van der Waals surface area contributed by atoms with Crippen LogP contribution in [0.15, 0.2) is 0 Å². The molecular formula is C15H27NO. The number of hydrogen-bond donors (Lipinski definition) is 1. The lowest BCUT2D eigenvalue weighted by Gasteiger charge is -2.47. The van der Waals surface area contributed by atoms with Gasteiger partial charge in [-0.05, 0) is 56.8 Å². The molecule has 0 aromatic rings. The van der Waals surface area contributed by atoms with Crippen LogP contribution in [0.25, 0.3) is 0 Å². The molecule has 0 aromatic carbocycles. The van der Waals surface area contributed by atoms with Crippen molar-refractivity contribution in [1.29, 1.82) is 0 Å². The van der Waals surface area contributed by atoms with Crippen molar-refractivity contribution in [1.82, 2.24) is 5.32 Å². The highest BCUT2D eigenvalue weighted by Gasteiger charge is 2.43. The van der Waals surface area contributed by atoms with Gasteiger partial charge >= 0.3 is 0 Å². The predicted molar refractivity (Wildman–Crippen MR) is 70.1 cm³/mol. The van der Waals surface area contributed by atoms with Crippen molar-refractivity contribution >= 4 is 0 Å². The van der Waals surface area contributed by atoms with E-state index in [1.54, 1.807) is 0 Å². The fourth-order valence-corrected chi connectivity index (χ4v) is 4.00. The molecule has 1 heterocycles. The fourth-order valence-electron chi connectivity index (χ4n) is 4.00. The number of rotatable bonds is 2. The van der Waals surface area contributed by atoms with Gasteiger partial charge in [0.05, 0.1) is 5.60 Å². The van der Waals surface area contributed by atoms with Crippen LogP contribution in [0.5, 0.6) is 0 Å². The zero-order valence-corrected chi connectivity index (χ0v) is 11.4. The van der Waals surface area contributed by atoms with Gasteiger partial charge < -0.3 is 10.1 Å². The van der Waals surface area contributed by atoms with E-state index in [4.69, 9.17) is 4.74 Å². The molecule has 3 rings (SSSR count). The van der Waals surface area contributed by atoms with E-state index in [9.17, 15) is 0 Å². The summed E-state index contributed by atoms with van der Waals surface area (Å²) in [6.07, 6.45) is 10.6. The van der Waals surface area contributed by atoms with Crippen molar-refractivity contribution in [3.8, 4) is 0 Å². The Labute approximate surface area is 105 Å². The van der Waals surface area contributed by atoms with Gasteiger partial charge in [-0.2, -0.15) is 0 Å². The largest absolute Gasteiger partial charge is 0.375 e. The second-order valence-electron chi connectivity index (χ2n) is 7.35. The molecule has 1 spiro atoms. The summed E-state index contributed by atoms with van der Waals surface area (Å²) >= 11 is 0. The highest BCUT2D eigenvalue weighted by Crippen LogP contribution is 2.43. The van der Waals surface area contributed by atoms with Crippen molar-refractivity contribution in [2.45, 2.75) is 82.9 Å². The summed E-state index contributed by atoms with van der Waals surface area (Å²) in [7, 11) is 0. The summed E-state index contributed by atoms with van der Waals surface area (Å²) in [6, 6.07) is 1.49. The van der Waals surface area contributed by atoms with Crippen molar-refractivity contribution in [2.24, 2.45) is 5.41 Å². The Kier molecular flexibility index (Phi) is 2.99. The molecule has 2 unspecified atom stereocenters. The van der Waals surface area contributed by atoms with E-state index in [1.807, 2.05) is 0 Å².